The quantitative estimate of drug-likeness (QED) is 0.308. The molecule has 11 heteroatoms. The smallest absolute Gasteiger partial charge is 0.169 e. The van der Waals surface area contributed by atoms with Crippen LogP contribution in [0.3, 0.4) is 0 Å². The summed E-state index contributed by atoms with van der Waals surface area (Å²) >= 11 is 0. The van der Waals surface area contributed by atoms with Gasteiger partial charge in [0.15, 0.2) is 11.5 Å². The third kappa shape index (κ3) is 3.88. The van der Waals surface area contributed by atoms with Gasteiger partial charge in [-0.25, -0.2) is 28.4 Å². The minimum atomic E-state index is -0.795. The second-order valence-corrected chi connectivity index (χ2v) is 9.65. The predicted molar refractivity (Wildman–Crippen MR) is 139 cm³/mol. The third-order valence-electron chi connectivity index (χ3n) is 7.23. The van der Waals surface area contributed by atoms with Gasteiger partial charge in [0.05, 0.1) is 41.5 Å². The molecule has 1 aromatic carbocycles. The van der Waals surface area contributed by atoms with Crippen LogP contribution in [0.2, 0.25) is 0 Å². The van der Waals surface area contributed by atoms with Gasteiger partial charge in [-0.2, -0.15) is 5.10 Å². The first-order valence-electron chi connectivity index (χ1n) is 12.3. The van der Waals surface area contributed by atoms with Gasteiger partial charge in [-0.05, 0) is 31.3 Å². The minimum Gasteiger partial charge on any atom is -0.383 e. The molecule has 0 bridgehead atoms. The number of nitrogen functional groups attached to an aromatic ring is 1. The lowest BCUT2D eigenvalue weighted by Gasteiger charge is -2.26. The molecular weight excluding hydrogens is 490 g/mol. The number of allylic oxidation sites excluding steroid dienone is 1. The molecule has 0 spiro atoms. The molecule has 0 amide bonds. The molecule has 3 aromatic heterocycles. The van der Waals surface area contributed by atoms with Crippen LogP contribution in [-0.2, 0) is 4.74 Å². The molecule has 1 saturated carbocycles. The van der Waals surface area contributed by atoms with E-state index in [9.17, 15) is 0 Å². The summed E-state index contributed by atoms with van der Waals surface area (Å²) in [6, 6.07) is 1.49. The molecule has 2 fully saturated rings. The van der Waals surface area contributed by atoms with Crippen LogP contribution in [0.4, 0.5) is 14.6 Å². The number of likely N-dealkylation sites (tertiary alicyclic amines) is 1. The number of nitrogens with zero attached hydrogens (tertiary/aromatic N) is 7. The van der Waals surface area contributed by atoms with Crippen molar-refractivity contribution < 1.29 is 13.5 Å². The second kappa shape index (κ2) is 9.22. The maximum atomic E-state index is 15.3. The average molecular weight is 517 g/mol. The number of anilines is 1. The van der Waals surface area contributed by atoms with Gasteiger partial charge in [0.1, 0.15) is 29.2 Å². The van der Waals surface area contributed by atoms with E-state index in [2.05, 4.69) is 44.9 Å². The van der Waals surface area contributed by atoms with Crippen LogP contribution in [0, 0.1) is 23.5 Å². The van der Waals surface area contributed by atoms with E-state index in [1.807, 2.05) is 4.57 Å². The van der Waals surface area contributed by atoms with Gasteiger partial charge in [-0.15, -0.1) is 0 Å². The average Bonchev–Trinajstić information content (AvgIpc) is 3.34. The summed E-state index contributed by atoms with van der Waals surface area (Å²) in [6.45, 7) is 9.02. The van der Waals surface area contributed by atoms with Crippen molar-refractivity contribution in [2.24, 2.45) is 0 Å². The highest BCUT2D eigenvalue weighted by molar-refractivity contribution is 5.90. The first-order chi connectivity index (χ1) is 18.4. The zero-order valence-electron chi connectivity index (χ0n) is 20.9. The van der Waals surface area contributed by atoms with Gasteiger partial charge in [-0.1, -0.05) is 19.1 Å². The summed E-state index contributed by atoms with van der Waals surface area (Å²) in [6.07, 6.45) is 7.27. The third-order valence-corrected chi connectivity index (χ3v) is 7.23. The zero-order chi connectivity index (χ0) is 26.6. The maximum absolute atomic E-state index is 15.3. The van der Waals surface area contributed by atoms with Crippen molar-refractivity contribution in [3.63, 3.8) is 0 Å². The van der Waals surface area contributed by atoms with E-state index < -0.39 is 11.6 Å². The Labute approximate surface area is 217 Å². The number of rotatable bonds is 6. The lowest BCUT2D eigenvalue weighted by molar-refractivity contribution is 0.134. The Balaban J connectivity index is 1.41. The SMILES string of the molecule is C=CC(=C)N1C[C@@H](n2nc(C#Cc3c(F)cc4c(ncn4C4CC4)c3F)c3c(N)ncnc32)C[C@@H]1COC. The molecule has 2 atom stereocenters. The van der Waals surface area contributed by atoms with Gasteiger partial charge in [-0.3, -0.25) is 0 Å². The first kappa shape index (κ1) is 24.1. The predicted octanol–water partition coefficient (Wildman–Crippen LogP) is 3.73. The summed E-state index contributed by atoms with van der Waals surface area (Å²) in [5.41, 5.74) is 7.86. The number of hydrogen-bond donors (Lipinski definition) is 1. The molecule has 1 aliphatic carbocycles. The largest absolute Gasteiger partial charge is 0.383 e. The summed E-state index contributed by atoms with van der Waals surface area (Å²) in [5.74, 6) is 4.10. The van der Waals surface area contributed by atoms with Crippen molar-refractivity contribution >= 4 is 27.9 Å². The molecule has 0 unspecified atom stereocenters. The van der Waals surface area contributed by atoms with E-state index >= 15 is 8.78 Å². The van der Waals surface area contributed by atoms with Crippen molar-refractivity contribution in [1.29, 1.82) is 0 Å². The van der Waals surface area contributed by atoms with Crippen LogP contribution in [0.5, 0.6) is 0 Å². The van der Waals surface area contributed by atoms with Crippen LogP contribution < -0.4 is 5.73 Å². The second-order valence-electron chi connectivity index (χ2n) is 9.65. The highest BCUT2D eigenvalue weighted by Gasteiger charge is 2.35. The fraction of sp³-hybridized carbons (Fsp3) is 0.333. The lowest BCUT2D eigenvalue weighted by Crippen LogP contribution is -2.31. The number of hydrogen-bond acceptors (Lipinski definition) is 7. The number of aromatic nitrogens is 6. The van der Waals surface area contributed by atoms with Gasteiger partial charge < -0.3 is 19.9 Å². The molecule has 38 heavy (non-hydrogen) atoms. The van der Waals surface area contributed by atoms with Gasteiger partial charge in [0.2, 0.25) is 0 Å². The number of ether oxygens (including phenoxy) is 1. The summed E-state index contributed by atoms with van der Waals surface area (Å²) in [7, 11) is 1.65. The zero-order valence-corrected chi connectivity index (χ0v) is 20.9. The molecule has 1 saturated heterocycles. The molecule has 6 rings (SSSR count). The molecule has 4 aromatic rings. The fourth-order valence-electron chi connectivity index (χ4n) is 5.20. The van der Waals surface area contributed by atoms with Crippen molar-refractivity contribution in [3.8, 4) is 11.8 Å². The summed E-state index contributed by atoms with van der Waals surface area (Å²) < 4.78 is 39.3. The Morgan fingerprint density at radius 3 is 2.79 bits per heavy atom. The summed E-state index contributed by atoms with van der Waals surface area (Å²) in [4.78, 5) is 14.8. The van der Waals surface area contributed by atoms with E-state index in [0.29, 0.717) is 36.1 Å². The topological polar surface area (TPSA) is 99.9 Å². The molecule has 2 N–H and O–H groups in total. The van der Waals surface area contributed by atoms with Gasteiger partial charge in [0.25, 0.3) is 0 Å². The number of benzene rings is 1. The van der Waals surface area contributed by atoms with Gasteiger partial charge in [0, 0.05) is 31.5 Å². The standard InChI is InChI=1S/C27H26F2N8O/c1-4-15(2)35-11-17(9-18(35)12-38-3)37-27-23(26(30)31-13-32-27)21(34-37)8-7-19-20(28)10-22-25(24(19)29)33-14-36(22)16-5-6-16/h4,10,13-14,16-18H,1-2,5-6,9,11-12H2,3H3,(H2,30,31,32)/t17-,18+/m0/s1. The lowest BCUT2D eigenvalue weighted by atomic mass is 10.1. The molecule has 1 aliphatic heterocycles. The molecule has 9 nitrogen and oxygen atoms in total. The van der Waals surface area contributed by atoms with E-state index in [1.165, 1.54) is 12.4 Å². The fourth-order valence-corrected chi connectivity index (χ4v) is 5.20. The van der Waals surface area contributed by atoms with Crippen LogP contribution >= 0.6 is 0 Å². The van der Waals surface area contributed by atoms with E-state index in [-0.39, 0.29) is 40.7 Å². The molecule has 194 valence electrons. The van der Waals surface area contributed by atoms with Crippen molar-refractivity contribution in [2.45, 2.75) is 37.4 Å². The summed E-state index contributed by atoms with van der Waals surface area (Å²) in [5, 5.41) is 5.13. The number of halogens is 2. The van der Waals surface area contributed by atoms with Crippen LogP contribution in [-0.4, -0.2) is 60.5 Å². The molecule has 2 aliphatic rings. The van der Waals surface area contributed by atoms with E-state index in [0.717, 1.165) is 18.5 Å². The Kier molecular flexibility index (Phi) is 5.84. The van der Waals surface area contributed by atoms with Gasteiger partial charge >= 0.3 is 0 Å². The number of imidazole rings is 1. The highest BCUT2D eigenvalue weighted by atomic mass is 19.1. The van der Waals surface area contributed by atoms with Crippen LogP contribution in [0.1, 0.15) is 42.6 Å². The Bertz CT molecular complexity index is 1660. The van der Waals surface area contributed by atoms with Crippen molar-refractivity contribution in [3.05, 3.63) is 66.5 Å². The number of nitrogens with two attached hydrogens (primary N) is 1. The number of fused-ring (bicyclic) bond motifs is 2. The minimum absolute atomic E-state index is 0.0637. The molecule has 4 heterocycles. The van der Waals surface area contributed by atoms with E-state index in [4.69, 9.17) is 15.6 Å². The Hall–Kier alpha value is -4.30. The normalized spacial score (nSPS) is 19.2. The maximum Gasteiger partial charge on any atom is 0.169 e. The Morgan fingerprint density at radius 1 is 1.24 bits per heavy atom. The van der Waals surface area contributed by atoms with Crippen LogP contribution in [0.15, 0.2) is 43.7 Å². The van der Waals surface area contributed by atoms with Crippen LogP contribution in [0.25, 0.3) is 22.1 Å². The van der Waals surface area contributed by atoms with Crippen molar-refractivity contribution in [1.82, 2.24) is 34.2 Å². The first-order valence-corrected chi connectivity index (χ1v) is 12.3. The Morgan fingerprint density at radius 2 is 2.05 bits per heavy atom. The van der Waals surface area contributed by atoms with Crippen molar-refractivity contribution in [2.75, 3.05) is 26.0 Å². The number of methoxy groups -OCH3 is 1. The molecule has 0 radical (unpaired) electrons. The highest BCUT2D eigenvalue weighted by Crippen LogP contribution is 2.38. The van der Waals surface area contributed by atoms with E-state index in [1.54, 1.807) is 24.2 Å². The monoisotopic (exact) mass is 516 g/mol. The molecular formula is C27H26F2N8O.